The van der Waals surface area contributed by atoms with Gasteiger partial charge < -0.3 is 9.84 Å². The van der Waals surface area contributed by atoms with Crippen molar-refractivity contribution in [1.82, 2.24) is 19.7 Å². The van der Waals surface area contributed by atoms with Gasteiger partial charge in [-0.2, -0.15) is 5.10 Å². The van der Waals surface area contributed by atoms with Crippen LogP contribution in [0.1, 0.15) is 55.5 Å². The molecule has 2 aromatic heterocycles. The zero-order chi connectivity index (χ0) is 19.4. The number of hydrogen-bond donors (Lipinski definition) is 1. The van der Waals surface area contributed by atoms with Gasteiger partial charge in [-0.05, 0) is 39.7 Å². The molecular weight excluding hydrogens is 364 g/mol. The standard InChI is InChI=1S/C19H28N4O3S/c1-13(2)26-19(25)8-18-21-15(12-27-18)11-23-6-4-5-16(23)7-17(24)14-9-20-22(3)10-14/h9-10,12-13,16-17,24H,4-8,11H2,1-3H3/t16-,17-/m1/s1. The average molecular weight is 393 g/mol. The minimum atomic E-state index is -0.499. The summed E-state index contributed by atoms with van der Waals surface area (Å²) in [6.45, 7) is 5.45. The van der Waals surface area contributed by atoms with Gasteiger partial charge in [0.15, 0.2) is 0 Å². The Bertz CT molecular complexity index is 758. The monoisotopic (exact) mass is 392 g/mol. The molecule has 0 amide bonds. The maximum Gasteiger partial charge on any atom is 0.312 e. The van der Waals surface area contributed by atoms with Crippen LogP contribution in [0.25, 0.3) is 0 Å². The molecule has 3 rings (SSSR count). The zero-order valence-corrected chi connectivity index (χ0v) is 17.0. The van der Waals surface area contributed by atoms with Crippen molar-refractivity contribution in [2.24, 2.45) is 7.05 Å². The van der Waals surface area contributed by atoms with Gasteiger partial charge in [-0.1, -0.05) is 0 Å². The quantitative estimate of drug-likeness (QED) is 0.695. The van der Waals surface area contributed by atoms with E-state index in [4.69, 9.17) is 4.74 Å². The van der Waals surface area contributed by atoms with Crippen molar-refractivity contribution in [2.45, 2.75) is 64.3 Å². The predicted molar refractivity (Wildman–Crippen MR) is 103 cm³/mol. The zero-order valence-electron chi connectivity index (χ0n) is 16.2. The summed E-state index contributed by atoms with van der Waals surface area (Å²) in [4.78, 5) is 18.8. The summed E-state index contributed by atoms with van der Waals surface area (Å²) in [6, 6.07) is 0.330. The number of nitrogens with zero attached hydrogens (tertiary/aromatic N) is 4. The van der Waals surface area contributed by atoms with Crippen molar-refractivity contribution < 1.29 is 14.6 Å². The molecule has 1 aliphatic heterocycles. The minimum Gasteiger partial charge on any atom is -0.463 e. The Morgan fingerprint density at radius 2 is 2.30 bits per heavy atom. The molecular formula is C19H28N4O3S. The number of hydrogen-bond acceptors (Lipinski definition) is 7. The fourth-order valence-electron chi connectivity index (χ4n) is 3.52. The molecule has 0 unspecified atom stereocenters. The molecule has 0 aromatic carbocycles. The second-order valence-corrected chi connectivity index (χ2v) is 8.36. The van der Waals surface area contributed by atoms with Gasteiger partial charge in [0.1, 0.15) is 5.01 Å². The van der Waals surface area contributed by atoms with E-state index >= 15 is 0 Å². The lowest BCUT2D eigenvalue weighted by Gasteiger charge is -2.25. The lowest BCUT2D eigenvalue weighted by atomic mass is 10.0. The molecule has 2 atom stereocenters. The Balaban J connectivity index is 1.54. The number of ether oxygens (including phenoxy) is 1. The maximum absolute atomic E-state index is 11.8. The highest BCUT2D eigenvalue weighted by Gasteiger charge is 2.28. The molecule has 1 aliphatic rings. The highest BCUT2D eigenvalue weighted by atomic mass is 32.1. The van der Waals surface area contributed by atoms with Gasteiger partial charge in [0, 0.05) is 36.8 Å². The van der Waals surface area contributed by atoms with Crippen LogP contribution in [0.2, 0.25) is 0 Å². The number of aliphatic hydroxyl groups is 1. The second kappa shape index (κ2) is 8.95. The Morgan fingerprint density at radius 3 is 3.00 bits per heavy atom. The predicted octanol–water partition coefficient (Wildman–Crippen LogP) is 2.46. The number of aliphatic hydroxyl groups excluding tert-OH is 1. The number of aromatic nitrogens is 3. The van der Waals surface area contributed by atoms with E-state index in [9.17, 15) is 9.90 Å². The number of carbonyl (C=O) groups excluding carboxylic acids is 1. The van der Waals surface area contributed by atoms with Crippen LogP contribution in [0, 0.1) is 0 Å². The smallest absolute Gasteiger partial charge is 0.312 e. The number of aryl methyl sites for hydroxylation is 1. The molecule has 0 spiro atoms. The molecule has 0 radical (unpaired) electrons. The molecule has 1 N–H and O–H groups in total. The summed E-state index contributed by atoms with van der Waals surface area (Å²) in [5, 5.41) is 17.5. The maximum atomic E-state index is 11.8. The molecule has 1 fully saturated rings. The van der Waals surface area contributed by atoms with Gasteiger partial charge in [0.25, 0.3) is 0 Å². The Morgan fingerprint density at radius 1 is 1.48 bits per heavy atom. The SMILES string of the molecule is CC(C)OC(=O)Cc1nc(CN2CCC[C@@H]2C[C@@H](O)c2cnn(C)c2)cs1. The van der Waals surface area contributed by atoms with E-state index in [1.165, 1.54) is 11.3 Å². The van der Waals surface area contributed by atoms with Crippen molar-refractivity contribution in [3.05, 3.63) is 34.0 Å². The van der Waals surface area contributed by atoms with Gasteiger partial charge in [0.05, 0.1) is 30.5 Å². The first-order valence-electron chi connectivity index (χ1n) is 9.44. The number of thiazole rings is 1. The van der Waals surface area contributed by atoms with E-state index in [1.54, 1.807) is 10.9 Å². The van der Waals surface area contributed by atoms with Crippen molar-refractivity contribution in [1.29, 1.82) is 0 Å². The third kappa shape index (κ3) is 5.60. The van der Waals surface area contributed by atoms with Crippen LogP contribution < -0.4 is 0 Å². The highest BCUT2D eigenvalue weighted by molar-refractivity contribution is 7.09. The average Bonchev–Trinajstić information content (AvgIpc) is 3.30. The number of carbonyl (C=O) groups is 1. The van der Waals surface area contributed by atoms with Gasteiger partial charge in [-0.3, -0.25) is 14.4 Å². The van der Waals surface area contributed by atoms with Crippen LogP contribution in [0.4, 0.5) is 0 Å². The molecule has 3 heterocycles. The molecule has 0 aliphatic carbocycles. The highest BCUT2D eigenvalue weighted by Crippen LogP contribution is 2.28. The fourth-order valence-corrected chi connectivity index (χ4v) is 4.29. The summed E-state index contributed by atoms with van der Waals surface area (Å²) >= 11 is 1.50. The third-order valence-electron chi connectivity index (χ3n) is 4.73. The summed E-state index contributed by atoms with van der Waals surface area (Å²) in [5.41, 5.74) is 1.85. The molecule has 8 heteroatoms. The van der Waals surface area contributed by atoms with E-state index in [-0.39, 0.29) is 18.5 Å². The minimum absolute atomic E-state index is 0.103. The van der Waals surface area contributed by atoms with Crippen molar-refractivity contribution in [3.8, 4) is 0 Å². The number of likely N-dealkylation sites (tertiary alicyclic amines) is 1. The summed E-state index contributed by atoms with van der Waals surface area (Å²) in [6.07, 6.45) is 6.13. The van der Waals surface area contributed by atoms with Crippen LogP contribution in [-0.4, -0.2) is 49.4 Å². The molecule has 1 saturated heterocycles. The Labute approximate surface area is 164 Å². The molecule has 0 bridgehead atoms. The van der Waals surface area contributed by atoms with Crippen molar-refractivity contribution >= 4 is 17.3 Å². The number of esters is 1. The van der Waals surface area contributed by atoms with Crippen LogP contribution in [0.3, 0.4) is 0 Å². The van der Waals surface area contributed by atoms with E-state index in [2.05, 4.69) is 15.0 Å². The van der Waals surface area contributed by atoms with E-state index in [0.29, 0.717) is 12.5 Å². The summed E-state index contributed by atoms with van der Waals surface area (Å²) in [7, 11) is 1.86. The van der Waals surface area contributed by atoms with E-state index < -0.39 is 6.10 Å². The largest absolute Gasteiger partial charge is 0.463 e. The molecule has 148 valence electrons. The topological polar surface area (TPSA) is 80.5 Å². The third-order valence-corrected chi connectivity index (χ3v) is 5.63. The fraction of sp³-hybridized carbons (Fsp3) is 0.632. The molecule has 2 aromatic rings. The van der Waals surface area contributed by atoms with Crippen LogP contribution in [0.15, 0.2) is 17.8 Å². The lowest BCUT2D eigenvalue weighted by molar-refractivity contribution is -0.146. The molecule has 27 heavy (non-hydrogen) atoms. The van der Waals surface area contributed by atoms with Gasteiger partial charge in [0.2, 0.25) is 0 Å². The molecule has 0 saturated carbocycles. The van der Waals surface area contributed by atoms with Crippen LogP contribution in [-0.2, 0) is 29.5 Å². The molecule has 7 nitrogen and oxygen atoms in total. The first-order valence-corrected chi connectivity index (χ1v) is 10.3. The van der Waals surface area contributed by atoms with Crippen molar-refractivity contribution in [2.75, 3.05) is 6.54 Å². The van der Waals surface area contributed by atoms with Crippen molar-refractivity contribution in [3.63, 3.8) is 0 Å². The van der Waals surface area contributed by atoms with E-state index in [0.717, 1.165) is 42.2 Å². The lowest BCUT2D eigenvalue weighted by Crippen LogP contribution is -2.30. The summed E-state index contributed by atoms with van der Waals surface area (Å²) < 4.78 is 6.90. The van der Waals surface area contributed by atoms with Gasteiger partial charge in [-0.25, -0.2) is 4.98 Å². The van der Waals surface area contributed by atoms with Gasteiger partial charge in [-0.15, -0.1) is 11.3 Å². The van der Waals surface area contributed by atoms with Crippen LogP contribution >= 0.6 is 11.3 Å². The first kappa shape index (κ1) is 20.0. The van der Waals surface area contributed by atoms with Crippen LogP contribution in [0.5, 0.6) is 0 Å². The Kier molecular flexibility index (Phi) is 6.62. The summed E-state index contributed by atoms with van der Waals surface area (Å²) in [5.74, 6) is -0.232. The first-order chi connectivity index (χ1) is 12.9. The van der Waals surface area contributed by atoms with Gasteiger partial charge >= 0.3 is 5.97 Å². The van der Waals surface area contributed by atoms with E-state index in [1.807, 2.05) is 32.5 Å². The normalized spacial score (nSPS) is 18.9. The Hall–Kier alpha value is -1.77. The number of rotatable bonds is 8. The second-order valence-electron chi connectivity index (χ2n) is 7.41.